The monoisotopic (exact) mass is 540 g/mol. The second-order valence-corrected chi connectivity index (χ2v) is 8.23. The number of hydrogen-bond acceptors (Lipinski definition) is 6. The van der Waals surface area contributed by atoms with Gasteiger partial charge < -0.3 is 20.1 Å². The van der Waals surface area contributed by atoms with Gasteiger partial charge in [-0.15, -0.1) is 0 Å². The summed E-state index contributed by atoms with van der Waals surface area (Å²) in [5.74, 6) is 0.255. The topological polar surface area (TPSA) is 92.3 Å². The molecule has 0 saturated carbocycles. The number of carbonyl (C=O) groups is 2. The molecule has 8 nitrogen and oxygen atoms in total. The van der Waals surface area contributed by atoms with Gasteiger partial charge in [-0.2, -0.15) is 5.10 Å². The van der Waals surface area contributed by atoms with E-state index in [0.717, 1.165) is 28.3 Å². The molecule has 1 aliphatic rings. The molecule has 9 heteroatoms. The summed E-state index contributed by atoms with van der Waals surface area (Å²) in [6, 6.07) is 1.70. The summed E-state index contributed by atoms with van der Waals surface area (Å²) in [7, 11) is 0. The highest BCUT2D eigenvalue weighted by Crippen LogP contribution is 2.13. The van der Waals surface area contributed by atoms with Crippen LogP contribution in [0.5, 0.6) is 0 Å². The van der Waals surface area contributed by atoms with Crippen molar-refractivity contribution in [3.63, 3.8) is 0 Å². The van der Waals surface area contributed by atoms with Crippen molar-refractivity contribution in [1.29, 1.82) is 0 Å². The predicted molar refractivity (Wildman–Crippen MR) is 154 cm³/mol. The number of allylic oxidation sites excluding steroid dienone is 9. The number of hydrazone groups is 1. The molecule has 0 fully saturated rings. The fraction of sp³-hybridized carbons (Fsp3) is 0.345. The van der Waals surface area contributed by atoms with Crippen LogP contribution in [0.2, 0.25) is 0 Å². The minimum absolute atomic E-state index is 0.197. The van der Waals surface area contributed by atoms with E-state index in [9.17, 15) is 9.59 Å². The molecule has 0 heterocycles. The Morgan fingerprint density at radius 2 is 2.05 bits per heavy atom. The van der Waals surface area contributed by atoms with E-state index in [-0.39, 0.29) is 19.7 Å². The summed E-state index contributed by atoms with van der Waals surface area (Å²) in [5.41, 5.74) is 1.82. The van der Waals surface area contributed by atoms with Crippen LogP contribution in [0.3, 0.4) is 0 Å². The van der Waals surface area contributed by atoms with Crippen LogP contribution >= 0.6 is 11.6 Å². The van der Waals surface area contributed by atoms with Crippen LogP contribution in [0.25, 0.3) is 0 Å². The number of carbonyl (C=O) groups excluding carboxylic acids is 2. The number of terminal acetylenes is 1. The first kappa shape index (κ1) is 32.1. The maximum Gasteiger partial charge on any atom is 0.338 e. The quantitative estimate of drug-likeness (QED) is 0.0548. The van der Waals surface area contributed by atoms with E-state index in [2.05, 4.69) is 40.0 Å². The molecule has 0 aromatic rings. The smallest absolute Gasteiger partial charge is 0.338 e. The van der Waals surface area contributed by atoms with Crippen LogP contribution < -0.4 is 10.6 Å². The van der Waals surface area contributed by atoms with Gasteiger partial charge in [0.15, 0.2) is 0 Å². The van der Waals surface area contributed by atoms with Gasteiger partial charge in [-0.1, -0.05) is 66.6 Å². The fourth-order valence-electron chi connectivity index (χ4n) is 2.90. The molecular weight excluding hydrogens is 504 g/mol. The fourth-order valence-corrected chi connectivity index (χ4v) is 3.11. The molecule has 1 rings (SSSR count). The zero-order chi connectivity index (χ0) is 28.0. The lowest BCUT2D eigenvalue weighted by atomic mass is 10.2. The van der Waals surface area contributed by atoms with Gasteiger partial charge in [-0.05, 0) is 44.4 Å². The number of hydrogen-bond donors (Lipinski definition) is 2. The normalized spacial score (nSPS) is 14.2. The Balaban J connectivity index is 2.67. The van der Waals surface area contributed by atoms with Gasteiger partial charge in [-0.25, -0.2) is 9.80 Å². The Hall–Kier alpha value is -3.96. The van der Waals surface area contributed by atoms with Crippen LogP contribution in [0.4, 0.5) is 4.79 Å². The standard InChI is InChI=1S/C29H37ClN4O4/c1-5-24(19-26(30)21-31-7-3)20-33-34(22-28(35)37-8-4)29(36)32-18-14-13-17-27(6-2)38-23-25-15-11-9-10-12-16-25/h3,5-6,9,11-16,20-21,31H,8,10,17-19,22-23H2,1-2,4H3,(H,32,36)/b14-13-,24-5+,26-21+,27-6+,33-20+. The van der Waals surface area contributed by atoms with Crippen molar-refractivity contribution >= 4 is 29.8 Å². The van der Waals surface area contributed by atoms with Crippen LogP contribution in [0.1, 0.15) is 40.0 Å². The molecule has 1 aliphatic carbocycles. The highest BCUT2D eigenvalue weighted by atomic mass is 35.5. The summed E-state index contributed by atoms with van der Waals surface area (Å²) in [5, 5.41) is 10.9. The molecule has 204 valence electrons. The minimum atomic E-state index is -0.572. The molecule has 0 saturated heterocycles. The third-order valence-corrected chi connectivity index (χ3v) is 5.13. The van der Waals surface area contributed by atoms with Crippen molar-refractivity contribution in [3.05, 3.63) is 82.8 Å². The second kappa shape index (κ2) is 20.1. The number of esters is 1. The SMILES string of the molecule is C#CN/C=C(/Cl)CC(/C=N/N(CC(=O)OCC)C(=O)NC/C=C\C/C(=C\C)OCC1=CC=CCC=C1)=C\C. The highest BCUT2D eigenvalue weighted by molar-refractivity contribution is 6.29. The van der Waals surface area contributed by atoms with E-state index >= 15 is 0 Å². The Morgan fingerprint density at radius 3 is 2.76 bits per heavy atom. The molecule has 38 heavy (non-hydrogen) atoms. The first-order chi connectivity index (χ1) is 18.4. The molecule has 0 bridgehead atoms. The molecule has 0 aromatic heterocycles. The zero-order valence-electron chi connectivity index (χ0n) is 22.3. The third kappa shape index (κ3) is 14.6. The number of urea groups is 1. The molecule has 2 N–H and O–H groups in total. The molecule has 0 atom stereocenters. The van der Waals surface area contributed by atoms with Gasteiger partial charge in [0.05, 0.1) is 18.6 Å². The molecule has 0 unspecified atom stereocenters. The van der Waals surface area contributed by atoms with E-state index in [0.29, 0.717) is 24.5 Å². The van der Waals surface area contributed by atoms with Crippen LogP contribution in [-0.4, -0.2) is 49.5 Å². The number of rotatable bonds is 15. The predicted octanol–water partition coefficient (Wildman–Crippen LogP) is 5.45. The summed E-state index contributed by atoms with van der Waals surface area (Å²) in [4.78, 5) is 24.7. The molecule has 0 radical (unpaired) electrons. The van der Waals surface area contributed by atoms with Crippen molar-refractivity contribution in [2.24, 2.45) is 5.10 Å². The number of nitrogens with zero attached hydrogens (tertiary/aromatic N) is 2. The zero-order valence-corrected chi connectivity index (χ0v) is 23.0. The Morgan fingerprint density at radius 1 is 1.24 bits per heavy atom. The molecular formula is C29H37ClN4O4. The third-order valence-electron chi connectivity index (χ3n) is 4.89. The van der Waals surface area contributed by atoms with Crippen molar-refractivity contribution in [1.82, 2.24) is 15.6 Å². The lowest BCUT2D eigenvalue weighted by molar-refractivity contribution is -0.143. The average Bonchev–Trinajstić information content (AvgIpc) is 3.19. The van der Waals surface area contributed by atoms with E-state index in [4.69, 9.17) is 27.5 Å². The first-order valence-corrected chi connectivity index (χ1v) is 12.7. The van der Waals surface area contributed by atoms with Gasteiger partial charge >= 0.3 is 12.0 Å². The first-order valence-electron chi connectivity index (χ1n) is 12.3. The number of ether oxygens (including phenoxy) is 2. The molecule has 2 amide bonds. The number of halogens is 1. The van der Waals surface area contributed by atoms with Crippen molar-refractivity contribution < 1.29 is 19.1 Å². The highest BCUT2D eigenvalue weighted by Gasteiger charge is 2.16. The summed E-state index contributed by atoms with van der Waals surface area (Å²) < 4.78 is 10.9. The number of amides is 2. The maximum absolute atomic E-state index is 12.7. The van der Waals surface area contributed by atoms with E-state index in [1.54, 1.807) is 13.0 Å². The molecule has 0 aromatic carbocycles. The lowest BCUT2D eigenvalue weighted by Gasteiger charge is -2.16. The summed E-state index contributed by atoms with van der Waals surface area (Å²) >= 11 is 6.14. The summed E-state index contributed by atoms with van der Waals surface area (Å²) in [6.07, 6.45) is 27.7. The Kier molecular flexibility index (Phi) is 17.0. The second-order valence-electron chi connectivity index (χ2n) is 7.74. The van der Waals surface area contributed by atoms with Gasteiger partial charge in [-0.3, -0.25) is 4.79 Å². The van der Waals surface area contributed by atoms with Gasteiger partial charge in [0.1, 0.15) is 13.2 Å². The van der Waals surface area contributed by atoms with E-state index in [1.807, 2.05) is 44.2 Å². The minimum Gasteiger partial charge on any atom is -0.493 e. The van der Waals surface area contributed by atoms with Gasteiger partial charge in [0.2, 0.25) is 0 Å². The van der Waals surface area contributed by atoms with Gasteiger partial charge in [0, 0.05) is 36.7 Å². The van der Waals surface area contributed by atoms with Crippen molar-refractivity contribution in [3.8, 4) is 12.5 Å². The Bertz CT molecular complexity index is 1060. The molecule has 0 aliphatic heterocycles. The Labute approximate surface area is 231 Å². The van der Waals surface area contributed by atoms with Gasteiger partial charge in [0.25, 0.3) is 0 Å². The largest absolute Gasteiger partial charge is 0.493 e. The van der Waals surface area contributed by atoms with E-state index in [1.165, 1.54) is 12.4 Å². The maximum atomic E-state index is 12.7. The summed E-state index contributed by atoms with van der Waals surface area (Å²) in [6.45, 7) is 6.01. The van der Waals surface area contributed by atoms with Crippen LogP contribution in [0.15, 0.2) is 87.9 Å². The van der Waals surface area contributed by atoms with Crippen molar-refractivity contribution in [2.45, 2.75) is 40.0 Å². The average molecular weight is 541 g/mol. The van der Waals surface area contributed by atoms with E-state index < -0.39 is 12.0 Å². The lowest BCUT2D eigenvalue weighted by Crippen LogP contribution is -2.40. The molecule has 0 spiro atoms. The van der Waals surface area contributed by atoms with Crippen LogP contribution in [0, 0.1) is 12.5 Å². The van der Waals surface area contributed by atoms with Crippen molar-refractivity contribution in [2.75, 3.05) is 26.3 Å². The van der Waals surface area contributed by atoms with Crippen LogP contribution in [-0.2, 0) is 14.3 Å². The number of nitrogens with one attached hydrogen (secondary N) is 2.